The van der Waals surface area contributed by atoms with Crippen LogP contribution in [0.2, 0.25) is 0 Å². The Labute approximate surface area is 169 Å². The molecule has 0 bridgehead atoms. The van der Waals surface area contributed by atoms with Crippen LogP contribution < -0.4 is 20.1 Å². The maximum Gasteiger partial charge on any atom is 0.401 e. The van der Waals surface area contributed by atoms with E-state index in [0.717, 1.165) is 5.69 Å². The van der Waals surface area contributed by atoms with Gasteiger partial charge in [0.1, 0.15) is 0 Å². The number of benzene rings is 1. The van der Waals surface area contributed by atoms with Crippen molar-refractivity contribution in [3.63, 3.8) is 0 Å². The summed E-state index contributed by atoms with van der Waals surface area (Å²) < 4.78 is 47.3. The van der Waals surface area contributed by atoms with Crippen LogP contribution in [-0.2, 0) is 0 Å². The molecular weight excluding hydrogens is 464 g/mol. The van der Waals surface area contributed by atoms with Gasteiger partial charge in [-0.25, -0.2) is 0 Å². The van der Waals surface area contributed by atoms with E-state index < -0.39 is 12.7 Å². The molecule has 0 atom stereocenters. The van der Waals surface area contributed by atoms with E-state index in [9.17, 15) is 13.2 Å². The molecule has 10 heteroatoms. The lowest BCUT2D eigenvalue weighted by atomic mass is 10.3. The van der Waals surface area contributed by atoms with E-state index in [2.05, 4.69) is 15.6 Å². The molecule has 26 heavy (non-hydrogen) atoms. The van der Waals surface area contributed by atoms with Gasteiger partial charge in [-0.1, -0.05) is 0 Å². The Bertz CT molecular complexity index is 571. The molecule has 0 amide bonds. The molecule has 1 aromatic rings. The molecule has 0 aliphatic rings. The number of nitrogens with zero attached hydrogens (tertiary/aromatic N) is 2. The number of nitrogens with one attached hydrogen (secondary N) is 2. The first-order valence-electron chi connectivity index (χ1n) is 7.81. The summed E-state index contributed by atoms with van der Waals surface area (Å²) in [5, 5.41) is 6.14. The fourth-order valence-electron chi connectivity index (χ4n) is 2.08. The number of ether oxygens (including phenoxy) is 2. The van der Waals surface area contributed by atoms with Crippen molar-refractivity contribution in [2.75, 3.05) is 52.8 Å². The van der Waals surface area contributed by atoms with E-state index >= 15 is 0 Å². The van der Waals surface area contributed by atoms with E-state index in [4.69, 9.17) is 9.47 Å². The lowest BCUT2D eigenvalue weighted by molar-refractivity contribution is -0.142. The van der Waals surface area contributed by atoms with E-state index in [1.807, 2.05) is 6.92 Å². The normalized spacial score (nSPS) is 11.8. The van der Waals surface area contributed by atoms with Crippen LogP contribution in [0.3, 0.4) is 0 Å². The Hall–Kier alpha value is -1.43. The summed E-state index contributed by atoms with van der Waals surface area (Å²) in [6, 6.07) is 5.30. The zero-order valence-corrected chi connectivity index (χ0v) is 17.6. The van der Waals surface area contributed by atoms with Crippen molar-refractivity contribution in [3.05, 3.63) is 18.2 Å². The molecule has 0 radical (unpaired) electrons. The number of methoxy groups -OCH3 is 2. The van der Waals surface area contributed by atoms with Crippen LogP contribution in [0.4, 0.5) is 18.9 Å². The van der Waals surface area contributed by atoms with Gasteiger partial charge >= 0.3 is 6.18 Å². The smallest absolute Gasteiger partial charge is 0.401 e. The van der Waals surface area contributed by atoms with Crippen molar-refractivity contribution >= 4 is 35.6 Å². The first-order valence-corrected chi connectivity index (χ1v) is 7.81. The number of hydrogen-bond acceptors (Lipinski definition) is 4. The van der Waals surface area contributed by atoms with Gasteiger partial charge in [0.05, 0.1) is 27.3 Å². The monoisotopic (exact) mass is 490 g/mol. The number of rotatable bonds is 8. The van der Waals surface area contributed by atoms with Crippen molar-refractivity contribution in [3.8, 4) is 11.5 Å². The van der Waals surface area contributed by atoms with Crippen molar-refractivity contribution < 1.29 is 22.6 Å². The number of aliphatic imine (C=N–C) groups is 1. The highest BCUT2D eigenvalue weighted by Gasteiger charge is 2.28. The third-order valence-corrected chi connectivity index (χ3v) is 3.19. The van der Waals surface area contributed by atoms with Crippen LogP contribution in [0.15, 0.2) is 23.2 Å². The number of alkyl halides is 3. The summed E-state index contributed by atoms with van der Waals surface area (Å²) in [5.74, 6) is 1.65. The lowest BCUT2D eigenvalue weighted by Crippen LogP contribution is -2.34. The first-order chi connectivity index (χ1) is 11.8. The average molecular weight is 490 g/mol. The van der Waals surface area contributed by atoms with Crippen molar-refractivity contribution in [1.82, 2.24) is 10.2 Å². The molecule has 150 valence electrons. The highest BCUT2D eigenvalue weighted by molar-refractivity contribution is 14.0. The molecule has 1 rings (SSSR count). The van der Waals surface area contributed by atoms with Gasteiger partial charge < -0.3 is 20.1 Å². The molecule has 0 aliphatic carbocycles. The molecular formula is C16H26F3IN4O2. The van der Waals surface area contributed by atoms with E-state index in [-0.39, 0.29) is 37.1 Å². The van der Waals surface area contributed by atoms with Crippen molar-refractivity contribution in [2.45, 2.75) is 13.1 Å². The Morgan fingerprint density at radius 3 is 2.38 bits per heavy atom. The topological polar surface area (TPSA) is 58.1 Å². The molecule has 6 nitrogen and oxygen atoms in total. The quantitative estimate of drug-likeness (QED) is 0.333. The maximum atomic E-state index is 12.3. The van der Waals surface area contributed by atoms with Gasteiger partial charge in [0.25, 0.3) is 0 Å². The second kappa shape index (κ2) is 12.0. The summed E-state index contributed by atoms with van der Waals surface area (Å²) in [4.78, 5) is 5.47. The van der Waals surface area contributed by atoms with Crippen LogP contribution in [-0.4, -0.2) is 64.5 Å². The van der Waals surface area contributed by atoms with E-state index in [1.54, 1.807) is 25.3 Å². The van der Waals surface area contributed by atoms with Gasteiger partial charge in [-0.15, -0.1) is 24.0 Å². The minimum Gasteiger partial charge on any atom is -0.493 e. The molecule has 0 spiro atoms. The third-order valence-electron chi connectivity index (χ3n) is 3.19. The third kappa shape index (κ3) is 9.32. The molecule has 0 fully saturated rings. The van der Waals surface area contributed by atoms with Gasteiger partial charge in [-0.3, -0.25) is 9.89 Å². The van der Waals surface area contributed by atoms with Gasteiger partial charge in [0.2, 0.25) is 0 Å². The summed E-state index contributed by atoms with van der Waals surface area (Å²) in [6.07, 6.45) is -4.21. The van der Waals surface area contributed by atoms with Crippen molar-refractivity contribution in [1.29, 1.82) is 0 Å². The number of anilines is 1. The predicted octanol–water partition coefficient (Wildman–Crippen LogP) is 3.19. The Morgan fingerprint density at radius 1 is 1.19 bits per heavy atom. The summed E-state index contributed by atoms with van der Waals surface area (Å²) in [5.41, 5.74) is 0.723. The number of halogens is 4. The van der Waals surface area contributed by atoms with Gasteiger partial charge in [0.15, 0.2) is 17.5 Å². The van der Waals surface area contributed by atoms with Crippen LogP contribution in [0, 0.1) is 0 Å². The molecule has 0 saturated carbocycles. The minimum absolute atomic E-state index is 0. The highest BCUT2D eigenvalue weighted by Crippen LogP contribution is 2.29. The van der Waals surface area contributed by atoms with E-state index in [0.29, 0.717) is 24.0 Å². The lowest BCUT2D eigenvalue weighted by Gasteiger charge is -2.18. The molecule has 0 aliphatic heterocycles. The van der Waals surface area contributed by atoms with Gasteiger partial charge in [-0.2, -0.15) is 13.2 Å². The number of guanidine groups is 1. The molecule has 0 heterocycles. The molecule has 0 saturated heterocycles. The van der Waals surface area contributed by atoms with Crippen LogP contribution >= 0.6 is 24.0 Å². The molecule has 2 N–H and O–H groups in total. The summed E-state index contributed by atoms with van der Waals surface area (Å²) >= 11 is 0. The standard InChI is InChI=1S/C16H25F3N4O2.HI/c1-5-20-15(21-8-9-23(2)11-16(17,18)19)22-12-6-7-13(24-3)14(10-12)25-4;/h6-7,10H,5,8-9,11H2,1-4H3,(H2,20,21,22);1H. The molecule has 1 aromatic carbocycles. The SMILES string of the molecule is CCNC(=NCCN(C)CC(F)(F)F)Nc1ccc(OC)c(OC)c1.I. The number of likely N-dealkylation sites (N-methyl/N-ethyl adjacent to an activating group) is 1. The second-order valence-electron chi connectivity index (χ2n) is 5.31. The maximum absolute atomic E-state index is 12.3. The summed E-state index contributed by atoms with van der Waals surface area (Å²) in [6.45, 7) is 2.00. The molecule has 0 unspecified atom stereocenters. The van der Waals surface area contributed by atoms with Crippen LogP contribution in [0.25, 0.3) is 0 Å². The Balaban J connectivity index is 0.00000625. The summed E-state index contributed by atoms with van der Waals surface area (Å²) in [7, 11) is 4.50. The van der Waals surface area contributed by atoms with Gasteiger partial charge in [0, 0.05) is 24.8 Å². The van der Waals surface area contributed by atoms with Crippen molar-refractivity contribution in [2.24, 2.45) is 4.99 Å². The Kier molecular flexibility index (Phi) is 11.4. The largest absolute Gasteiger partial charge is 0.493 e. The second-order valence-corrected chi connectivity index (χ2v) is 5.31. The zero-order chi connectivity index (χ0) is 18.9. The van der Waals surface area contributed by atoms with Crippen LogP contribution in [0.5, 0.6) is 11.5 Å². The highest BCUT2D eigenvalue weighted by atomic mass is 127. The fraction of sp³-hybridized carbons (Fsp3) is 0.562. The number of hydrogen-bond donors (Lipinski definition) is 2. The average Bonchev–Trinajstić information content (AvgIpc) is 2.53. The Morgan fingerprint density at radius 2 is 1.85 bits per heavy atom. The fourth-order valence-corrected chi connectivity index (χ4v) is 2.08. The van der Waals surface area contributed by atoms with E-state index in [1.165, 1.54) is 19.1 Å². The van der Waals surface area contributed by atoms with Crippen LogP contribution in [0.1, 0.15) is 6.92 Å². The zero-order valence-electron chi connectivity index (χ0n) is 15.3. The first kappa shape index (κ1) is 24.6. The molecule has 0 aromatic heterocycles. The van der Waals surface area contributed by atoms with Gasteiger partial charge in [-0.05, 0) is 26.1 Å². The minimum atomic E-state index is -4.21. The predicted molar refractivity (Wildman–Crippen MR) is 108 cm³/mol.